The van der Waals surface area contributed by atoms with Crippen molar-refractivity contribution in [2.24, 2.45) is 0 Å². The fourth-order valence-corrected chi connectivity index (χ4v) is 2.86. The Balaban J connectivity index is 1.71. The summed E-state index contributed by atoms with van der Waals surface area (Å²) < 4.78 is 5.92. The molecule has 0 aliphatic heterocycles. The molecule has 0 saturated carbocycles. The van der Waals surface area contributed by atoms with Crippen LogP contribution in [-0.4, -0.2) is 30.1 Å². The molecule has 8 heteroatoms. The molecule has 2 N–H and O–H groups in total. The summed E-state index contributed by atoms with van der Waals surface area (Å²) in [6, 6.07) is 14.2. The number of benzene rings is 2. The number of nitrogens with one attached hydrogen (secondary N) is 2. The SMILES string of the molecule is CC(=O)Nc1ccc(NC(=O)COC(=O)CSc2ccc(Br)cc2)cc1. The summed E-state index contributed by atoms with van der Waals surface area (Å²) >= 11 is 4.68. The molecule has 136 valence electrons. The predicted octanol–water partition coefficient (Wildman–Crippen LogP) is 3.68. The van der Waals surface area contributed by atoms with Gasteiger partial charge in [-0.15, -0.1) is 11.8 Å². The van der Waals surface area contributed by atoms with E-state index in [1.165, 1.54) is 18.7 Å². The normalized spacial score (nSPS) is 10.1. The Labute approximate surface area is 163 Å². The van der Waals surface area contributed by atoms with Crippen molar-refractivity contribution < 1.29 is 19.1 Å². The van der Waals surface area contributed by atoms with Crippen LogP contribution in [0.4, 0.5) is 11.4 Å². The van der Waals surface area contributed by atoms with E-state index in [-0.39, 0.29) is 18.3 Å². The molecule has 2 rings (SSSR count). The maximum absolute atomic E-state index is 11.8. The minimum atomic E-state index is -0.464. The standard InChI is InChI=1S/C18H17BrN2O4S/c1-12(22)20-14-4-6-15(7-5-14)21-17(23)10-25-18(24)11-26-16-8-2-13(19)3-9-16/h2-9H,10-11H2,1H3,(H,20,22)(H,21,23). The Morgan fingerprint density at radius 1 is 0.962 bits per heavy atom. The first-order chi connectivity index (χ1) is 12.4. The van der Waals surface area contributed by atoms with E-state index in [1.807, 2.05) is 24.3 Å². The van der Waals surface area contributed by atoms with Crippen LogP contribution in [0.5, 0.6) is 0 Å². The second kappa shape index (κ2) is 9.98. The number of rotatable bonds is 7. The summed E-state index contributed by atoms with van der Waals surface area (Å²) in [4.78, 5) is 35.4. The van der Waals surface area contributed by atoms with Crippen LogP contribution in [0.25, 0.3) is 0 Å². The number of ether oxygens (including phenoxy) is 1. The zero-order chi connectivity index (χ0) is 18.9. The molecule has 26 heavy (non-hydrogen) atoms. The molecule has 0 aromatic heterocycles. The molecule has 2 amide bonds. The largest absolute Gasteiger partial charge is 0.455 e. The quantitative estimate of drug-likeness (QED) is 0.510. The first kappa shape index (κ1) is 20.0. The molecule has 0 heterocycles. The van der Waals surface area contributed by atoms with Crippen LogP contribution in [0.15, 0.2) is 57.9 Å². The lowest BCUT2D eigenvalue weighted by molar-refractivity contribution is -0.144. The van der Waals surface area contributed by atoms with Crippen LogP contribution in [0.3, 0.4) is 0 Å². The van der Waals surface area contributed by atoms with E-state index < -0.39 is 11.9 Å². The summed E-state index contributed by atoms with van der Waals surface area (Å²) in [5, 5.41) is 5.25. The van der Waals surface area contributed by atoms with E-state index in [0.717, 1.165) is 9.37 Å². The van der Waals surface area contributed by atoms with Crippen LogP contribution >= 0.6 is 27.7 Å². The minimum absolute atomic E-state index is 0.125. The van der Waals surface area contributed by atoms with Crippen molar-refractivity contribution in [2.75, 3.05) is 23.0 Å². The highest BCUT2D eigenvalue weighted by atomic mass is 79.9. The molecular formula is C18H17BrN2O4S. The number of carbonyl (C=O) groups is 3. The molecule has 0 unspecified atom stereocenters. The molecule has 0 atom stereocenters. The van der Waals surface area contributed by atoms with Crippen LogP contribution in [0, 0.1) is 0 Å². The highest BCUT2D eigenvalue weighted by molar-refractivity contribution is 9.10. The molecule has 2 aromatic carbocycles. The first-order valence-corrected chi connectivity index (χ1v) is 9.42. The number of anilines is 2. The van der Waals surface area contributed by atoms with Gasteiger partial charge < -0.3 is 15.4 Å². The lowest BCUT2D eigenvalue weighted by Gasteiger charge is -2.08. The second-order valence-corrected chi connectivity index (χ2v) is 7.17. The molecule has 0 radical (unpaired) electrons. The average molecular weight is 437 g/mol. The lowest BCUT2D eigenvalue weighted by atomic mass is 10.2. The average Bonchev–Trinajstić information content (AvgIpc) is 2.61. The molecule has 0 aliphatic carbocycles. The van der Waals surface area contributed by atoms with E-state index in [4.69, 9.17) is 4.74 Å². The van der Waals surface area contributed by atoms with Crippen LogP contribution < -0.4 is 10.6 Å². The summed E-state index contributed by atoms with van der Waals surface area (Å²) in [6.45, 7) is 1.06. The Kier molecular flexibility index (Phi) is 7.68. The molecule has 0 aliphatic rings. The molecule has 0 spiro atoms. The number of amides is 2. The van der Waals surface area contributed by atoms with Gasteiger partial charge in [-0.05, 0) is 48.5 Å². The van der Waals surface area contributed by atoms with E-state index in [1.54, 1.807) is 24.3 Å². The third kappa shape index (κ3) is 7.28. The van der Waals surface area contributed by atoms with Crippen molar-refractivity contribution in [1.29, 1.82) is 0 Å². The molecular weight excluding hydrogens is 420 g/mol. The number of halogens is 1. The zero-order valence-corrected chi connectivity index (χ0v) is 16.4. The van der Waals surface area contributed by atoms with Crippen LogP contribution in [0.2, 0.25) is 0 Å². The monoisotopic (exact) mass is 436 g/mol. The van der Waals surface area contributed by atoms with Crippen molar-refractivity contribution in [1.82, 2.24) is 0 Å². The van der Waals surface area contributed by atoms with Crippen LogP contribution in [-0.2, 0) is 19.1 Å². The topological polar surface area (TPSA) is 84.5 Å². The maximum Gasteiger partial charge on any atom is 0.316 e. The van der Waals surface area contributed by atoms with Gasteiger partial charge in [0.15, 0.2) is 6.61 Å². The van der Waals surface area contributed by atoms with E-state index in [9.17, 15) is 14.4 Å². The Morgan fingerprint density at radius 2 is 1.54 bits per heavy atom. The summed E-state index contributed by atoms with van der Waals surface area (Å²) in [5.74, 6) is -0.941. The number of carbonyl (C=O) groups excluding carboxylic acids is 3. The summed E-state index contributed by atoms with van der Waals surface area (Å²) in [7, 11) is 0. The van der Waals surface area contributed by atoms with Crippen molar-refractivity contribution in [3.05, 3.63) is 53.0 Å². The van der Waals surface area contributed by atoms with Crippen molar-refractivity contribution in [3.8, 4) is 0 Å². The minimum Gasteiger partial charge on any atom is -0.455 e. The van der Waals surface area contributed by atoms with Crippen molar-refractivity contribution in [3.63, 3.8) is 0 Å². The van der Waals surface area contributed by atoms with Gasteiger partial charge in [0.2, 0.25) is 5.91 Å². The third-order valence-corrected chi connectivity index (χ3v) is 4.54. The second-order valence-electron chi connectivity index (χ2n) is 5.21. The molecule has 0 saturated heterocycles. The van der Waals surface area contributed by atoms with Gasteiger partial charge in [0.25, 0.3) is 5.91 Å². The van der Waals surface area contributed by atoms with Gasteiger partial charge in [-0.3, -0.25) is 14.4 Å². The van der Waals surface area contributed by atoms with Gasteiger partial charge >= 0.3 is 5.97 Å². The van der Waals surface area contributed by atoms with Gasteiger partial charge in [0, 0.05) is 27.7 Å². The van der Waals surface area contributed by atoms with Gasteiger partial charge in [0.1, 0.15) is 0 Å². The van der Waals surface area contributed by atoms with Gasteiger partial charge in [0.05, 0.1) is 5.75 Å². The summed E-state index contributed by atoms with van der Waals surface area (Å²) in [6.07, 6.45) is 0. The number of hydrogen-bond donors (Lipinski definition) is 2. The number of thioether (sulfide) groups is 1. The summed E-state index contributed by atoms with van der Waals surface area (Å²) in [5.41, 5.74) is 1.18. The maximum atomic E-state index is 11.8. The molecule has 0 fully saturated rings. The van der Waals surface area contributed by atoms with Gasteiger partial charge in [-0.1, -0.05) is 15.9 Å². The molecule has 0 bridgehead atoms. The first-order valence-electron chi connectivity index (χ1n) is 7.64. The number of esters is 1. The smallest absolute Gasteiger partial charge is 0.316 e. The lowest BCUT2D eigenvalue weighted by Crippen LogP contribution is -2.21. The van der Waals surface area contributed by atoms with Crippen LogP contribution in [0.1, 0.15) is 6.92 Å². The van der Waals surface area contributed by atoms with Crippen molar-refractivity contribution in [2.45, 2.75) is 11.8 Å². The predicted molar refractivity (Wildman–Crippen MR) is 105 cm³/mol. The van der Waals surface area contributed by atoms with Gasteiger partial charge in [-0.2, -0.15) is 0 Å². The molecule has 2 aromatic rings. The van der Waals surface area contributed by atoms with Crippen molar-refractivity contribution >= 4 is 56.9 Å². The fourth-order valence-electron chi connectivity index (χ4n) is 1.90. The highest BCUT2D eigenvalue weighted by Crippen LogP contribution is 2.20. The van der Waals surface area contributed by atoms with E-state index in [2.05, 4.69) is 26.6 Å². The highest BCUT2D eigenvalue weighted by Gasteiger charge is 2.09. The third-order valence-electron chi connectivity index (χ3n) is 3.02. The Hall–Kier alpha value is -2.32. The fraction of sp³-hybridized carbons (Fsp3) is 0.167. The molecule has 6 nitrogen and oxygen atoms in total. The van der Waals surface area contributed by atoms with E-state index >= 15 is 0 Å². The zero-order valence-electron chi connectivity index (χ0n) is 14.0. The van der Waals surface area contributed by atoms with Gasteiger partial charge in [-0.25, -0.2) is 0 Å². The Bertz CT molecular complexity index is 779. The Morgan fingerprint density at radius 3 is 2.12 bits per heavy atom. The number of hydrogen-bond acceptors (Lipinski definition) is 5. The van der Waals surface area contributed by atoms with E-state index in [0.29, 0.717) is 11.4 Å².